The summed E-state index contributed by atoms with van der Waals surface area (Å²) in [4.78, 5) is 24.5. The van der Waals surface area contributed by atoms with Gasteiger partial charge in [0.2, 0.25) is 5.91 Å². The minimum atomic E-state index is -0.644. The van der Waals surface area contributed by atoms with E-state index in [-0.39, 0.29) is 17.9 Å². The summed E-state index contributed by atoms with van der Waals surface area (Å²) in [5, 5.41) is 5.55. The molecule has 1 saturated heterocycles. The van der Waals surface area contributed by atoms with Crippen LogP contribution in [-0.2, 0) is 9.53 Å². The zero-order valence-corrected chi connectivity index (χ0v) is 13.5. The summed E-state index contributed by atoms with van der Waals surface area (Å²) in [6, 6.07) is 4.58. The van der Waals surface area contributed by atoms with Crippen molar-refractivity contribution in [2.24, 2.45) is 5.92 Å². The van der Waals surface area contributed by atoms with Crippen LogP contribution < -0.4 is 10.6 Å². The van der Waals surface area contributed by atoms with Crippen LogP contribution in [0, 0.1) is 11.7 Å². The molecule has 0 radical (unpaired) electrons. The van der Waals surface area contributed by atoms with Crippen molar-refractivity contribution in [3.8, 4) is 0 Å². The average molecular weight is 322 g/mol. The highest BCUT2D eigenvalue weighted by molar-refractivity contribution is 5.97. The largest absolute Gasteiger partial charge is 0.376 e. The fraction of sp³-hybridized carbons (Fsp3) is 0.529. The lowest BCUT2D eigenvalue weighted by molar-refractivity contribution is -0.124. The molecule has 2 amide bonds. The van der Waals surface area contributed by atoms with E-state index in [0.29, 0.717) is 12.1 Å². The van der Waals surface area contributed by atoms with Gasteiger partial charge in [0.15, 0.2) is 0 Å². The second kappa shape index (κ2) is 8.06. The molecule has 0 bridgehead atoms. The van der Waals surface area contributed by atoms with E-state index >= 15 is 0 Å². The Morgan fingerprint density at radius 1 is 1.30 bits per heavy atom. The number of nitrogens with one attached hydrogen (secondary N) is 2. The predicted octanol–water partition coefficient (Wildman–Crippen LogP) is 1.88. The van der Waals surface area contributed by atoms with Crippen molar-refractivity contribution in [3.63, 3.8) is 0 Å². The van der Waals surface area contributed by atoms with Crippen molar-refractivity contribution >= 4 is 11.8 Å². The van der Waals surface area contributed by atoms with E-state index in [1.807, 2.05) is 13.8 Å². The van der Waals surface area contributed by atoms with Gasteiger partial charge >= 0.3 is 0 Å². The van der Waals surface area contributed by atoms with Crippen LogP contribution in [0.25, 0.3) is 0 Å². The molecule has 0 aromatic heterocycles. The van der Waals surface area contributed by atoms with Crippen molar-refractivity contribution in [1.29, 1.82) is 0 Å². The summed E-state index contributed by atoms with van der Waals surface area (Å²) in [6.45, 7) is 4.91. The number of ether oxygens (including phenoxy) is 1. The third-order valence-electron chi connectivity index (χ3n) is 3.87. The second-order valence-corrected chi connectivity index (χ2v) is 6.08. The quantitative estimate of drug-likeness (QED) is 0.840. The van der Waals surface area contributed by atoms with Crippen LogP contribution in [0.1, 0.15) is 37.0 Å². The van der Waals surface area contributed by atoms with E-state index in [1.54, 1.807) is 0 Å². The lowest BCUT2D eigenvalue weighted by atomic mass is 10.0. The Kier molecular flexibility index (Phi) is 6.10. The molecule has 5 nitrogen and oxygen atoms in total. The van der Waals surface area contributed by atoms with E-state index in [4.69, 9.17) is 4.74 Å². The van der Waals surface area contributed by atoms with Crippen molar-refractivity contribution in [3.05, 3.63) is 35.6 Å². The molecule has 1 aliphatic rings. The van der Waals surface area contributed by atoms with Gasteiger partial charge in [0.25, 0.3) is 5.91 Å². The molecule has 2 rings (SSSR count). The Hall–Kier alpha value is -1.95. The minimum Gasteiger partial charge on any atom is -0.376 e. The van der Waals surface area contributed by atoms with Crippen LogP contribution in [0.2, 0.25) is 0 Å². The first kappa shape index (κ1) is 17.4. The predicted molar refractivity (Wildman–Crippen MR) is 84.5 cm³/mol. The van der Waals surface area contributed by atoms with Gasteiger partial charge in [-0.15, -0.1) is 0 Å². The van der Waals surface area contributed by atoms with E-state index in [1.165, 1.54) is 24.3 Å². The molecule has 1 aromatic carbocycles. The van der Waals surface area contributed by atoms with Gasteiger partial charge in [-0.1, -0.05) is 13.8 Å². The lowest BCUT2D eigenvalue weighted by Gasteiger charge is -2.22. The van der Waals surface area contributed by atoms with Gasteiger partial charge in [0.05, 0.1) is 6.10 Å². The number of halogens is 1. The Labute approximate surface area is 135 Å². The van der Waals surface area contributed by atoms with E-state index in [2.05, 4.69) is 10.6 Å². The number of hydrogen-bond donors (Lipinski definition) is 2. The number of amides is 2. The molecule has 6 heteroatoms. The summed E-state index contributed by atoms with van der Waals surface area (Å²) < 4.78 is 18.4. The van der Waals surface area contributed by atoms with Gasteiger partial charge in [-0.05, 0) is 43.0 Å². The Balaban J connectivity index is 1.92. The van der Waals surface area contributed by atoms with Crippen LogP contribution >= 0.6 is 0 Å². The molecule has 126 valence electrons. The van der Waals surface area contributed by atoms with Crippen molar-refractivity contribution < 1.29 is 18.7 Å². The van der Waals surface area contributed by atoms with Crippen LogP contribution in [0.3, 0.4) is 0 Å². The molecule has 0 saturated carbocycles. The fourth-order valence-corrected chi connectivity index (χ4v) is 2.49. The highest BCUT2D eigenvalue weighted by Gasteiger charge is 2.26. The topological polar surface area (TPSA) is 67.4 Å². The Morgan fingerprint density at radius 3 is 2.57 bits per heavy atom. The maximum atomic E-state index is 12.9. The van der Waals surface area contributed by atoms with Crippen LogP contribution in [0.5, 0.6) is 0 Å². The minimum absolute atomic E-state index is 0.0552. The third-order valence-corrected chi connectivity index (χ3v) is 3.87. The molecule has 23 heavy (non-hydrogen) atoms. The number of hydrogen-bond acceptors (Lipinski definition) is 3. The second-order valence-electron chi connectivity index (χ2n) is 6.08. The summed E-state index contributed by atoms with van der Waals surface area (Å²) in [5.41, 5.74) is 0.323. The Morgan fingerprint density at radius 2 is 2.00 bits per heavy atom. The monoisotopic (exact) mass is 322 g/mol. The van der Waals surface area contributed by atoms with Gasteiger partial charge < -0.3 is 15.4 Å². The normalized spacial score (nSPS) is 18.7. The molecule has 0 spiro atoms. The molecule has 1 fully saturated rings. The zero-order chi connectivity index (χ0) is 16.8. The van der Waals surface area contributed by atoms with Gasteiger partial charge in [0.1, 0.15) is 11.9 Å². The molecule has 2 atom stereocenters. The molecule has 0 aliphatic carbocycles. The zero-order valence-electron chi connectivity index (χ0n) is 13.5. The van der Waals surface area contributed by atoms with Crippen LogP contribution in [0.4, 0.5) is 4.39 Å². The number of carbonyl (C=O) groups excluding carboxylic acids is 2. The maximum Gasteiger partial charge on any atom is 0.251 e. The molecular formula is C17H23FN2O3. The number of carbonyl (C=O) groups is 2. The van der Waals surface area contributed by atoms with Crippen molar-refractivity contribution in [2.75, 3.05) is 13.2 Å². The molecule has 0 unspecified atom stereocenters. The highest BCUT2D eigenvalue weighted by atomic mass is 19.1. The standard InChI is InChI=1S/C17H23FN2O3/c1-11(2)15(17(22)19-10-14-4-3-9-23-14)20-16(21)12-5-7-13(18)8-6-12/h5-8,11,14-15H,3-4,9-10H2,1-2H3,(H,19,22)(H,20,21)/t14-,15+/m1/s1. The molecular weight excluding hydrogens is 299 g/mol. The smallest absolute Gasteiger partial charge is 0.251 e. The number of rotatable bonds is 6. The fourth-order valence-electron chi connectivity index (χ4n) is 2.49. The van der Waals surface area contributed by atoms with Gasteiger partial charge in [0, 0.05) is 18.7 Å². The first-order valence-corrected chi connectivity index (χ1v) is 7.93. The maximum absolute atomic E-state index is 12.9. The summed E-state index contributed by atoms with van der Waals surface area (Å²) in [5.74, 6) is -1.10. The first-order chi connectivity index (χ1) is 11.0. The lowest BCUT2D eigenvalue weighted by Crippen LogP contribution is -2.50. The molecule has 1 heterocycles. The first-order valence-electron chi connectivity index (χ1n) is 7.93. The summed E-state index contributed by atoms with van der Waals surface area (Å²) >= 11 is 0. The van der Waals surface area contributed by atoms with Gasteiger partial charge in [-0.25, -0.2) is 4.39 Å². The van der Waals surface area contributed by atoms with Gasteiger partial charge in [-0.2, -0.15) is 0 Å². The summed E-state index contributed by atoms with van der Waals surface area (Å²) in [6.07, 6.45) is 2.00. The van der Waals surface area contributed by atoms with Crippen molar-refractivity contribution in [1.82, 2.24) is 10.6 Å². The average Bonchev–Trinajstić information content (AvgIpc) is 3.03. The van der Waals surface area contributed by atoms with E-state index in [0.717, 1.165) is 19.4 Å². The van der Waals surface area contributed by atoms with Crippen LogP contribution in [-0.4, -0.2) is 37.1 Å². The Bertz CT molecular complexity index is 539. The van der Waals surface area contributed by atoms with Crippen molar-refractivity contribution in [2.45, 2.75) is 38.8 Å². The van der Waals surface area contributed by atoms with E-state index < -0.39 is 17.8 Å². The number of benzene rings is 1. The summed E-state index contributed by atoms with van der Waals surface area (Å²) in [7, 11) is 0. The molecule has 2 N–H and O–H groups in total. The SMILES string of the molecule is CC(C)[C@H](NC(=O)c1ccc(F)cc1)C(=O)NC[C@H]1CCCO1. The van der Waals surface area contributed by atoms with Crippen LogP contribution in [0.15, 0.2) is 24.3 Å². The highest BCUT2D eigenvalue weighted by Crippen LogP contribution is 2.11. The molecule has 1 aromatic rings. The van der Waals surface area contributed by atoms with Gasteiger partial charge in [-0.3, -0.25) is 9.59 Å². The van der Waals surface area contributed by atoms with E-state index in [9.17, 15) is 14.0 Å². The third kappa shape index (κ3) is 5.03. The molecule has 1 aliphatic heterocycles.